The lowest BCUT2D eigenvalue weighted by Gasteiger charge is -2.45. The van der Waals surface area contributed by atoms with Gasteiger partial charge in [0.2, 0.25) is 0 Å². The average molecular weight is 318 g/mol. The van der Waals surface area contributed by atoms with E-state index in [-0.39, 0.29) is 18.7 Å². The van der Waals surface area contributed by atoms with E-state index in [0.717, 1.165) is 22.9 Å². The summed E-state index contributed by atoms with van der Waals surface area (Å²) in [6.45, 7) is -0.224. The van der Waals surface area contributed by atoms with E-state index in [1.165, 1.54) is 0 Å². The van der Waals surface area contributed by atoms with Crippen LogP contribution < -0.4 is 0 Å². The van der Waals surface area contributed by atoms with Crippen molar-refractivity contribution in [2.24, 2.45) is 0 Å². The van der Waals surface area contributed by atoms with E-state index in [2.05, 4.69) is 14.1 Å². The van der Waals surface area contributed by atoms with Gasteiger partial charge in [0, 0.05) is 12.8 Å². The number of nitrogens with zero attached hydrogens (tertiary/aromatic N) is 1. The summed E-state index contributed by atoms with van der Waals surface area (Å²) >= 11 is 0. The maximum atomic E-state index is 12.5. The molecule has 5 nitrogen and oxygen atoms in total. The fraction of sp³-hybridized carbons (Fsp3) is 0.611. The van der Waals surface area contributed by atoms with E-state index in [9.17, 15) is 9.90 Å². The molecule has 0 aromatic heterocycles. The number of likely N-dealkylation sites (N-methyl/N-ethyl adjacent to an activating group) is 1. The van der Waals surface area contributed by atoms with Crippen LogP contribution in [0.3, 0.4) is 0 Å². The number of hydrogen-bond acceptors (Lipinski definition) is 4. The van der Waals surface area contributed by atoms with Crippen molar-refractivity contribution in [3.8, 4) is 0 Å². The van der Waals surface area contributed by atoms with Crippen molar-refractivity contribution in [1.29, 1.82) is 0 Å². The highest BCUT2D eigenvalue weighted by Gasteiger charge is 2.70. The largest absolute Gasteiger partial charge is 0.461 e. The minimum Gasteiger partial charge on any atom is -0.461 e. The monoisotopic (exact) mass is 318 g/mol. The summed E-state index contributed by atoms with van der Waals surface area (Å²) in [7, 11) is 4.51. The SMILES string of the molecule is C[N+]1(C)[C@@H]2CC(OC(=O)[C@@H](CO)c3ccccc3)C[C@@H]1[C@H]1O[C@@H]12. The van der Waals surface area contributed by atoms with Crippen LogP contribution in [0.4, 0.5) is 0 Å². The lowest BCUT2D eigenvalue weighted by atomic mass is 9.95. The van der Waals surface area contributed by atoms with Crippen molar-refractivity contribution >= 4 is 5.97 Å². The first-order valence-corrected chi connectivity index (χ1v) is 8.37. The maximum Gasteiger partial charge on any atom is 0.316 e. The van der Waals surface area contributed by atoms with Crippen LogP contribution in [0.25, 0.3) is 0 Å². The van der Waals surface area contributed by atoms with Gasteiger partial charge in [-0.15, -0.1) is 0 Å². The smallest absolute Gasteiger partial charge is 0.316 e. The van der Waals surface area contributed by atoms with Crippen LogP contribution in [-0.4, -0.2) is 66.7 Å². The minimum absolute atomic E-state index is 0.0576. The minimum atomic E-state index is -0.593. The molecule has 3 heterocycles. The number of ether oxygens (including phenoxy) is 2. The third-order valence-corrected chi connectivity index (χ3v) is 5.99. The first-order chi connectivity index (χ1) is 11.0. The molecule has 1 aromatic rings. The Morgan fingerprint density at radius 3 is 2.43 bits per heavy atom. The van der Waals surface area contributed by atoms with Crippen molar-refractivity contribution in [2.45, 2.75) is 49.2 Å². The van der Waals surface area contributed by atoms with Gasteiger partial charge in [-0.2, -0.15) is 0 Å². The van der Waals surface area contributed by atoms with Crippen LogP contribution in [0.5, 0.6) is 0 Å². The quantitative estimate of drug-likeness (QED) is 0.512. The van der Waals surface area contributed by atoms with Gasteiger partial charge >= 0.3 is 5.97 Å². The Bertz CT molecular complexity index is 582. The van der Waals surface area contributed by atoms with Gasteiger partial charge in [0.05, 0.1) is 20.7 Å². The molecule has 3 aliphatic rings. The topological polar surface area (TPSA) is 59.1 Å². The summed E-state index contributed by atoms with van der Waals surface area (Å²) in [6, 6.07) is 10.2. The number of rotatable bonds is 4. The number of quaternary nitrogens is 1. The number of benzene rings is 1. The summed E-state index contributed by atoms with van der Waals surface area (Å²) in [6.07, 6.45) is 2.34. The fourth-order valence-electron chi connectivity index (χ4n) is 4.55. The maximum absolute atomic E-state index is 12.5. The molecule has 0 spiro atoms. The number of aliphatic hydroxyl groups excluding tert-OH is 1. The van der Waals surface area contributed by atoms with Crippen LogP contribution in [0, 0.1) is 0 Å². The van der Waals surface area contributed by atoms with Crippen LogP contribution in [0.2, 0.25) is 0 Å². The number of morpholine rings is 1. The van der Waals surface area contributed by atoms with Gasteiger partial charge in [-0.3, -0.25) is 4.79 Å². The second-order valence-electron chi connectivity index (χ2n) is 7.51. The third kappa shape index (κ3) is 2.38. The van der Waals surface area contributed by atoms with Crippen molar-refractivity contribution in [3.63, 3.8) is 0 Å². The molecule has 0 saturated carbocycles. The summed E-state index contributed by atoms with van der Waals surface area (Å²) < 4.78 is 12.5. The Hall–Kier alpha value is -1.43. The molecule has 3 aliphatic heterocycles. The summed E-state index contributed by atoms with van der Waals surface area (Å²) in [4.78, 5) is 12.5. The highest BCUT2D eigenvalue weighted by molar-refractivity contribution is 5.78. The van der Waals surface area contributed by atoms with E-state index in [1.807, 2.05) is 30.3 Å². The van der Waals surface area contributed by atoms with Gasteiger partial charge in [0.25, 0.3) is 0 Å². The zero-order chi connectivity index (χ0) is 16.2. The predicted molar refractivity (Wildman–Crippen MR) is 83.7 cm³/mol. The first-order valence-electron chi connectivity index (χ1n) is 8.37. The van der Waals surface area contributed by atoms with Crippen LogP contribution in [0.1, 0.15) is 24.3 Å². The Morgan fingerprint density at radius 1 is 1.26 bits per heavy atom. The van der Waals surface area contributed by atoms with E-state index in [4.69, 9.17) is 9.47 Å². The van der Waals surface area contributed by atoms with E-state index in [1.54, 1.807) is 0 Å². The number of carbonyl (C=O) groups excluding carboxylic acids is 1. The molecular weight excluding hydrogens is 294 g/mol. The molecule has 3 fully saturated rings. The Morgan fingerprint density at radius 2 is 1.87 bits per heavy atom. The van der Waals surface area contributed by atoms with Crippen molar-refractivity contribution in [2.75, 3.05) is 20.7 Å². The predicted octanol–water partition coefficient (Wildman–Crippen LogP) is 1.06. The molecule has 1 N–H and O–H groups in total. The normalized spacial score (nSPS) is 37.8. The molecule has 0 amide bonds. The summed E-state index contributed by atoms with van der Waals surface area (Å²) in [5.41, 5.74) is 0.807. The lowest BCUT2D eigenvalue weighted by Crippen LogP contribution is -2.60. The number of hydrogen-bond donors (Lipinski definition) is 1. The van der Waals surface area contributed by atoms with Gasteiger partial charge in [0.1, 0.15) is 36.3 Å². The number of piperidine rings is 1. The fourth-order valence-corrected chi connectivity index (χ4v) is 4.55. The molecule has 5 heteroatoms. The highest BCUT2D eigenvalue weighted by atomic mass is 16.6. The lowest BCUT2D eigenvalue weighted by molar-refractivity contribution is -0.938. The van der Waals surface area contributed by atoms with E-state index >= 15 is 0 Å². The van der Waals surface area contributed by atoms with Gasteiger partial charge in [-0.25, -0.2) is 0 Å². The molecular formula is C18H24NO4+. The zero-order valence-electron chi connectivity index (χ0n) is 13.6. The van der Waals surface area contributed by atoms with Crippen LogP contribution in [-0.2, 0) is 14.3 Å². The van der Waals surface area contributed by atoms with E-state index < -0.39 is 5.92 Å². The number of esters is 1. The van der Waals surface area contributed by atoms with Gasteiger partial charge < -0.3 is 19.1 Å². The van der Waals surface area contributed by atoms with E-state index in [0.29, 0.717) is 24.3 Å². The standard InChI is InChI=1S/C18H24NO4/c1-19(2)14-8-12(9-15(19)17-16(14)23-17)22-18(21)13(10-20)11-6-4-3-5-7-11/h3-7,12-17,20H,8-10H2,1-2H3/q+1/t13-,14+,15+,16+,17+/m0/s1. The molecule has 3 saturated heterocycles. The molecule has 23 heavy (non-hydrogen) atoms. The Kier molecular flexibility index (Phi) is 3.48. The highest BCUT2D eigenvalue weighted by Crippen LogP contribution is 2.51. The second-order valence-corrected chi connectivity index (χ2v) is 7.51. The van der Waals surface area contributed by atoms with Gasteiger partial charge in [-0.05, 0) is 5.56 Å². The molecule has 0 unspecified atom stereocenters. The second kappa shape index (κ2) is 5.30. The van der Waals surface area contributed by atoms with Crippen LogP contribution >= 0.6 is 0 Å². The molecule has 124 valence electrons. The summed E-state index contributed by atoms with van der Waals surface area (Å²) in [5, 5.41) is 9.60. The zero-order valence-corrected chi connectivity index (χ0v) is 13.6. The summed E-state index contributed by atoms with van der Waals surface area (Å²) in [5.74, 6) is -0.908. The molecule has 0 aliphatic carbocycles. The number of carbonyl (C=O) groups is 1. The van der Waals surface area contributed by atoms with Crippen LogP contribution in [0.15, 0.2) is 30.3 Å². The number of fused-ring (bicyclic) bond motifs is 5. The molecule has 4 rings (SSSR count). The Labute approximate surface area is 136 Å². The first kappa shape index (κ1) is 15.1. The van der Waals surface area contributed by atoms with Crippen molar-refractivity contribution in [1.82, 2.24) is 0 Å². The van der Waals surface area contributed by atoms with Crippen molar-refractivity contribution < 1.29 is 23.9 Å². The third-order valence-electron chi connectivity index (χ3n) is 5.99. The number of aliphatic hydroxyl groups is 1. The molecule has 5 atom stereocenters. The van der Waals surface area contributed by atoms with Crippen molar-refractivity contribution in [3.05, 3.63) is 35.9 Å². The molecule has 0 radical (unpaired) electrons. The average Bonchev–Trinajstić information content (AvgIpc) is 3.27. The molecule has 1 aromatic carbocycles. The van der Waals surface area contributed by atoms with Gasteiger partial charge in [0.15, 0.2) is 0 Å². The number of epoxide rings is 1. The molecule has 2 bridgehead atoms. The van der Waals surface area contributed by atoms with Gasteiger partial charge in [-0.1, -0.05) is 30.3 Å². The Balaban J connectivity index is 1.44.